The monoisotopic (exact) mass is 396 g/mol. The van der Waals surface area contributed by atoms with Gasteiger partial charge in [0.1, 0.15) is 10.1 Å². The van der Waals surface area contributed by atoms with Crippen molar-refractivity contribution in [3.05, 3.63) is 69.5 Å². The minimum Gasteiger partial charge on any atom is -0.455 e. The van der Waals surface area contributed by atoms with Gasteiger partial charge in [-0.15, -0.1) is 0 Å². The summed E-state index contributed by atoms with van der Waals surface area (Å²) in [5, 5.41) is 3.96. The molecule has 1 saturated heterocycles. The predicted molar refractivity (Wildman–Crippen MR) is 108 cm³/mol. The molecule has 7 heteroatoms. The molecule has 1 N–H and O–H groups in total. The zero-order valence-corrected chi connectivity index (χ0v) is 15.5. The molecule has 1 fully saturated rings. The zero-order chi connectivity index (χ0) is 18.1. The number of hydrogen-bond donors (Lipinski definition) is 1. The lowest BCUT2D eigenvalue weighted by atomic mass is 10.2. The lowest BCUT2D eigenvalue weighted by Crippen LogP contribution is -2.17. The Bertz CT molecular complexity index is 1160. The van der Waals surface area contributed by atoms with Crippen molar-refractivity contribution < 1.29 is 9.21 Å². The lowest BCUT2D eigenvalue weighted by Gasteiger charge is -1.94. The molecule has 3 aromatic rings. The van der Waals surface area contributed by atoms with E-state index >= 15 is 0 Å². The first kappa shape index (κ1) is 16.9. The van der Waals surface area contributed by atoms with Crippen molar-refractivity contribution in [2.24, 2.45) is 0 Å². The number of pyridine rings is 1. The quantitative estimate of drug-likeness (QED) is 0.376. The van der Waals surface area contributed by atoms with E-state index in [1.807, 2.05) is 24.3 Å². The molecular formula is C19H9ClN2O2S2. The Kier molecular flexibility index (Phi) is 4.51. The summed E-state index contributed by atoms with van der Waals surface area (Å²) in [6.45, 7) is 0. The summed E-state index contributed by atoms with van der Waals surface area (Å²) in [6, 6.07) is 9.17. The number of hydrogen-bond acceptors (Lipinski definition) is 5. The second-order valence-electron chi connectivity index (χ2n) is 5.34. The van der Waals surface area contributed by atoms with E-state index in [2.05, 4.69) is 22.1 Å². The summed E-state index contributed by atoms with van der Waals surface area (Å²) in [7, 11) is 0. The van der Waals surface area contributed by atoms with E-state index in [4.69, 9.17) is 28.2 Å². The molecular weight excluding hydrogens is 388 g/mol. The Balaban J connectivity index is 1.73. The smallest absolute Gasteiger partial charge is 0.263 e. The van der Waals surface area contributed by atoms with Crippen LogP contribution in [0, 0.1) is 11.8 Å². The number of amides is 1. The van der Waals surface area contributed by atoms with E-state index in [-0.39, 0.29) is 5.91 Å². The van der Waals surface area contributed by atoms with Crippen LogP contribution in [-0.4, -0.2) is 15.2 Å². The molecule has 126 valence electrons. The second-order valence-corrected chi connectivity index (χ2v) is 7.46. The van der Waals surface area contributed by atoms with Gasteiger partial charge in [0.25, 0.3) is 5.91 Å². The highest BCUT2D eigenvalue weighted by Crippen LogP contribution is 2.29. The Morgan fingerprint density at radius 2 is 2.04 bits per heavy atom. The van der Waals surface area contributed by atoms with Gasteiger partial charge in [-0.25, -0.2) is 0 Å². The molecule has 0 radical (unpaired) electrons. The van der Waals surface area contributed by atoms with Crippen molar-refractivity contribution in [3.63, 3.8) is 0 Å². The van der Waals surface area contributed by atoms with E-state index in [9.17, 15) is 4.79 Å². The lowest BCUT2D eigenvalue weighted by molar-refractivity contribution is -0.115. The number of fused-ring (bicyclic) bond motifs is 1. The third-order valence-corrected chi connectivity index (χ3v) is 5.06. The van der Waals surface area contributed by atoms with Gasteiger partial charge < -0.3 is 9.73 Å². The third-order valence-electron chi connectivity index (χ3n) is 3.56. The normalized spacial score (nSPS) is 15.2. The molecule has 3 heterocycles. The van der Waals surface area contributed by atoms with Crippen LogP contribution >= 0.6 is 35.6 Å². The fraction of sp³-hybridized carbons (Fsp3) is 0. The number of thioether (sulfide) groups is 1. The van der Waals surface area contributed by atoms with Crippen molar-refractivity contribution >= 4 is 62.9 Å². The van der Waals surface area contributed by atoms with Gasteiger partial charge in [0.2, 0.25) is 0 Å². The number of thiocarbonyl (C=S) groups is 1. The van der Waals surface area contributed by atoms with Gasteiger partial charge in [-0.3, -0.25) is 9.78 Å². The first-order valence-corrected chi connectivity index (χ1v) is 9.09. The minimum atomic E-state index is -0.225. The van der Waals surface area contributed by atoms with Crippen molar-refractivity contribution in [2.75, 3.05) is 0 Å². The van der Waals surface area contributed by atoms with Crippen molar-refractivity contribution in [3.8, 4) is 11.8 Å². The highest BCUT2D eigenvalue weighted by Gasteiger charge is 2.22. The van der Waals surface area contributed by atoms with Crippen molar-refractivity contribution in [1.82, 2.24) is 10.3 Å². The molecule has 1 amide bonds. The van der Waals surface area contributed by atoms with Gasteiger partial charge >= 0.3 is 0 Å². The summed E-state index contributed by atoms with van der Waals surface area (Å²) in [6.07, 6.45) is 4.98. The summed E-state index contributed by atoms with van der Waals surface area (Å²) >= 11 is 12.3. The number of aromatic nitrogens is 1. The highest BCUT2D eigenvalue weighted by atomic mass is 35.5. The van der Waals surface area contributed by atoms with Gasteiger partial charge in [-0.1, -0.05) is 59.6 Å². The van der Waals surface area contributed by atoms with Crippen LogP contribution in [0.1, 0.15) is 16.9 Å². The molecule has 4 rings (SSSR count). The molecule has 0 spiro atoms. The maximum Gasteiger partial charge on any atom is 0.263 e. The van der Waals surface area contributed by atoms with Gasteiger partial charge in [0, 0.05) is 29.4 Å². The number of carbonyl (C=O) groups is 1. The van der Waals surface area contributed by atoms with E-state index in [1.54, 1.807) is 24.5 Å². The first-order chi connectivity index (χ1) is 12.6. The highest BCUT2D eigenvalue weighted by molar-refractivity contribution is 8.26. The number of rotatable bonds is 1. The van der Waals surface area contributed by atoms with Gasteiger partial charge in [0.15, 0.2) is 5.58 Å². The summed E-state index contributed by atoms with van der Waals surface area (Å²) < 4.78 is 6.31. The maximum absolute atomic E-state index is 11.8. The predicted octanol–water partition coefficient (Wildman–Crippen LogP) is 4.37. The Morgan fingerprint density at radius 1 is 1.23 bits per heavy atom. The van der Waals surface area contributed by atoms with Crippen LogP contribution in [0.5, 0.6) is 0 Å². The molecule has 0 atom stereocenters. The van der Waals surface area contributed by atoms with Gasteiger partial charge in [-0.2, -0.15) is 0 Å². The number of nitrogens with zero attached hydrogens (tertiary/aromatic N) is 1. The summed E-state index contributed by atoms with van der Waals surface area (Å²) in [4.78, 5) is 16.5. The summed E-state index contributed by atoms with van der Waals surface area (Å²) in [5.74, 6) is 6.40. The molecule has 2 aromatic heterocycles. The fourth-order valence-electron chi connectivity index (χ4n) is 2.39. The molecule has 0 saturated carbocycles. The molecule has 26 heavy (non-hydrogen) atoms. The minimum absolute atomic E-state index is 0.225. The zero-order valence-electron chi connectivity index (χ0n) is 13.1. The largest absolute Gasteiger partial charge is 0.455 e. The van der Waals surface area contributed by atoms with E-state index in [0.29, 0.717) is 31.2 Å². The van der Waals surface area contributed by atoms with Crippen LogP contribution < -0.4 is 5.32 Å². The van der Waals surface area contributed by atoms with Crippen LogP contribution in [0.15, 0.2) is 52.0 Å². The standard InChI is InChI=1S/C19H9ClN2O2S2/c20-15-4-2-1-3-11(15)5-6-12-9-21-10-13-7-14(24-17(12)13)8-16-18(23)22-19(25)26-16/h1-4,7-10H,(H,22,23,25)/b16-8-. The van der Waals surface area contributed by atoms with Crippen molar-refractivity contribution in [2.45, 2.75) is 0 Å². The van der Waals surface area contributed by atoms with Gasteiger partial charge in [0.05, 0.1) is 15.5 Å². The number of carbonyl (C=O) groups excluding carboxylic acids is 1. The van der Waals surface area contributed by atoms with Gasteiger partial charge in [-0.05, 0) is 18.2 Å². The maximum atomic E-state index is 11.8. The Morgan fingerprint density at radius 3 is 2.81 bits per heavy atom. The van der Waals surface area contributed by atoms with E-state index in [1.165, 1.54) is 11.8 Å². The van der Waals surface area contributed by atoms with Crippen LogP contribution in [-0.2, 0) is 4.79 Å². The number of benzene rings is 1. The molecule has 1 aliphatic heterocycles. The topological polar surface area (TPSA) is 55.1 Å². The summed E-state index contributed by atoms with van der Waals surface area (Å²) in [5.41, 5.74) is 1.98. The average Bonchev–Trinajstić information content (AvgIpc) is 3.17. The Labute approximate surface area is 163 Å². The van der Waals surface area contributed by atoms with Crippen molar-refractivity contribution in [1.29, 1.82) is 0 Å². The number of halogens is 1. The van der Waals surface area contributed by atoms with E-state index in [0.717, 1.165) is 10.9 Å². The number of furan rings is 1. The SMILES string of the molecule is O=C1NC(=S)S/C1=C\c1cc2cncc(C#Cc3ccccc3Cl)c2o1. The van der Waals surface area contributed by atoms with Crippen LogP contribution in [0.3, 0.4) is 0 Å². The fourth-order valence-corrected chi connectivity index (χ4v) is 3.60. The van der Waals surface area contributed by atoms with Crippen LogP contribution in [0.25, 0.3) is 17.0 Å². The average molecular weight is 397 g/mol. The molecule has 4 nitrogen and oxygen atoms in total. The van der Waals surface area contributed by atoms with E-state index < -0.39 is 0 Å². The molecule has 0 bridgehead atoms. The first-order valence-electron chi connectivity index (χ1n) is 7.49. The molecule has 1 aliphatic rings. The second kappa shape index (κ2) is 6.96. The molecule has 0 unspecified atom stereocenters. The number of nitrogens with one attached hydrogen (secondary N) is 1. The van der Waals surface area contributed by atoms with Crippen LogP contribution in [0.2, 0.25) is 5.02 Å². The third kappa shape index (κ3) is 3.37. The molecule has 0 aliphatic carbocycles. The van der Waals surface area contributed by atoms with Crippen LogP contribution in [0.4, 0.5) is 0 Å². The Hall–Kier alpha value is -2.59. The molecule has 1 aromatic carbocycles.